The number of rotatable bonds is 6. The number of carbonyl (C=O) groups is 1. The molecule has 10 heteroatoms. The molecule has 0 radical (unpaired) electrons. The molecule has 4 aromatic rings. The summed E-state index contributed by atoms with van der Waals surface area (Å²) >= 11 is 1.09. The van der Waals surface area contributed by atoms with Crippen LogP contribution >= 0.6 is 11.3 Å². The van der Waals surface area contributed by atoms with Crippen LogP contribution in [0.2, 0.25) is 0 Å². The summed E-state index contributed by atoms with van der Waals surface area (Å²) in [6.45, 7) is 1.89. The first-order valence-electron chi connectivity index (χ1n) is 10.3. The quantitative estimate of drug-likeness (QED) is 0.264. The van der Waals surface area contributed by atoms with Crippen molar-refractivity contribution in [3.05, 3.63) is 71.6 Å². The van der Waals surface area contributed by atoms with Crippen molar-refractivity contribution in [1.29, 1.82) is 0 Å². The minimum absolute atomic E-state index is 0.190. The van der Waals surface area contributed by atoms with E-state index >= 15 is 0 Å². The summed E-state index contributed by atoms with van der Waals surface area (Å²) in [5, 5.41) is 3.18. The van der Waals surface area contributed by atoms with Gasteiger partial charge < -0.3 is 9.47 Å². The number of fused-ring (bicyclic) bond motifs is 1. The molecule has 1 aromatic heterocycles. The standard InChI is InChI=1S/C25H19F3O5S2/c1-3-32-24(29)18-11-17-10-16(15-4-7-20(8-5-15)33-25(26,27)28)6-9-21(17)22(12-18)19-13-23(34-14-19)35(2,30)31/h4-14H,3H2,1-2H3. The van der Waals surface area contributed by atoms with Crippen molar-refractivity contribution in [3.8, 4) is 28.0 Å². The number of esters is 1. The molecule has 0 spiro atoms. The highest BCUT2D eigenvalue weighted by molar-refractivity contribution is 7.92. The van der Waals surface area contributed by atoms with E-state index in [0.717, 1.165) is 23.0 Å². The van der Waals surface area contributed by atoms with Gasteiger partial charge in [-0.25, -0.2) is 13.2 Å². The van der Waals surface area contributed by atoms with Crippen LogP contribution in [0.1, 0.15) is 17.3 Å². The molecule has 0 atom stereocenters. The molecule has 3 aromatic carbocycles. The molecule has 0 saturated carbocycles. The van der Waals surface area contributed by atoms with Crippen LogP contribution in [0.3, 0.4) is 0 Å². The largest absolute Gasteiger partial charge is 0.573 e. The van der Waals surface area contributed by atoms with E-state index in [1.54, 1.807) is 36.6 Å². The minimum Gasteiger partial charge on any atom is -0.462 e. The Morgan fingerprint density at radius 1 is 0.943 bits per heavy atom. The Bertz CT molecular complexity index is 1500. The summed E-state index contributed by atoms with van der Waals surface area (Å²) in [4.78, 5) is 12.5. The van der Waals surface area contributed by atoms with Gasteiger partial charge in [0.25, 0.3) is 0 Å². The molecule has 1 heterocycles. The Morgan fingerprint density at radius 3 is 2.23 bits per heavy atom. The number of hydrogen-bond acceptors (Lipinski definition) is 6. The molecule has 0 aliphatic rings. The highest BCUT2D eigenvalue weighted by Gasteiger charge is 2.31. The van der Waals surface area contributed by atoms with E-state index in [2.05, 4.69) is 4.74 Å². The van der Waals surface area contributed by atoms with Crippen molar-refractivity contribution in [2.45, 2.75) is 17.5 Å². The fourth-order valence-corrected chi connectivity index (χ4v) is 5.44. The molecule has 0 fully saturated rings. The molecule has 0 aliphatic heterocycles. The number of benzene rings is 3. The van der Waals surface area contributed by atoms with Crippen LogP contribution < -0.4 is 4.74 Å². The monoisotopic (exact) mass is 520 g/mol. The Kier molecular flexibility index (Phi) is 6.61. The zero-order chi connectivity index (χ0) is 25.4. The van der Waals surface area contributed by atoms with Gasteiger partial charge in [-0.2, -0.15) is 0 Å². The minimum atomic E-state index is -4.77. The predicted molar refractivity (Wildman–Crippen MR) is 128 cm³/mol. The molecule has 0 amide bonds. The van der Waals surface area contributed by atoms with E-state index in [1.165, 1.54) is 24.3 Å². The molecular formula is C25H19F3O5S2. The van der Waals surface area contributed by atoms with Crippen LogP contribution in [0.4, 0.5) is 13.2 Å². The van der Waals surface area contributed by atoms with Crippen molar-refractivity contribution < 1.29 is 35.9 Å². The third-order valence-electron chi connectivity index (χ3n) is 5.14. The second-order valence-corrected chi connectivity index (χ2v) is 10.8. The Morgan fingerprint density at radius 2 is 1.63 bits per heavy atom. The van der Waals surface area contributed by atoms with Gasteiger partial charge in [0.1, 0.15) is 9.96 Å². The van der Waals surface area contributed by atoms with Gasteiger partial charge >= 0.3 is 12.3 Å². The number of sulfone groups is 1. The Balaban J connectivity index is 1.82. The molecule has 35 heavy (non-hydrogen) atoms. The van der Waals surface area contributed by atoms with Crippen molar-refractivity contribution in [2.75, 3.05) is 12.9 Å². The number of hydrogen-bond donors (Lipinski definition) is 0. The second kappa shape index (κ2) is 9.35. The fourth-order valence-electron chi connectivity index (χ4n) is 3.62. The predicted octanol–water partition coefficient (Wildman–Crippen LogP) is 6.71. The lowest BCUT2D eigenvalue weighted by Crippen LogP contribution is -2.16. The first-order valence-corrected chi connectivity index (χ1v) is 13.1. The highest BCUT2D eigenvalue weighted by Crippen LogP contribution is 2.37. The van der Waals surface area contributed by atoms with Crippen LogP contribution in [0.25, 0.3) is 33.0 Å². The van der Waals surface area contributed by atoms with E-state index in [1.807, 2.05) is 12.1 Å². The lowest BCUT2D eigenvalue weighted by Gasteiger charge is -2.12. The summed E-state index contributed by atoms with van der Waals surface area (Å²) in [5.74, 6) is -0.846. The molecule has 0 aliphatic carbocycles. The number of alkyl halides is 3. The van der Waals surface area contributed by atoms with Gasteiger partial charge in [-0.15, -0.1) is 24.5 Å². The summed E-state index contributed by atoms with van der Waals surface area (Å²) < 4.78 is 70.6. The van der Waals surface area contributed by atoms with Gasteiger partial charge in [-0.05, 0) is 81.7 Å². The molecule has 0 N–H and O–H groups in total. The van der Waals surface area contributed by atoms with Crippen LogP contribution in [-0.4, -0.2) is 33.6 Å². The Labute approximate surface area is 203 Å². The summed E-state index contributed by atoms with van der Waals surface area (Å²) in [5.41, 5.74) is 2.97. The lowest BCUT2D eigenvalue weighted by molar-refractivity contribution is -0.274. The van der Waals surface area contributed by atoms with E-state index in [-0.39, 0.29) is 16.6 Å². The summed E-state index contributed by atoms with van der Waals surface area (Å²) in [6.07, 6.45) is -3.64. The molecular weight excluding hydrogens is 501 g/mol. The van der Waals surface area contributed by atoms with Crippen LogP contribution in [0, 0.1) is 0 Å². The maximum atomic E-state index is 12.5. The first kappa shape index (κ1) is 24.7. The number of thiophene rings is 1. The number of ether oxygens (including phenoxy) is 2. The molecule has 0 bridgehead atoms. The van der Waals surface area contributed by atoms with Gasteiger partial charge in [0.15, 0.2) is 9.84 Å². The van der Waals surface area contributed by atoms with Crippen molar-refractivity contribution in [3.63, 3.8) is 0 Å². The summed E-state index contributed by atoms with van der Waals surface area (Å²) in [7, 11) is -3.39. The van der Waals surface area contributed by atoms with Gasteiger partial charge in [0.05, 0.1) is 12.2 Å². The molecule has 182 valence electrons. The second-order valence-electron chi connectivity index (χ2n) is 7.68. The summed E-state index contributed by atoms with van der Waals surface area (Å²) in [6, 6.07) is 15.8. The maximum Gasteiger partial charge on any atom is 0.573 e. The van der Waals surface area contributed by atoms with E-state index in [4.69, 9.17) is 4.74 Å². The average Bonchev–Trinajstić information content (AvgIpc) is 3.28. The van der Waals surface area contributed by atoms with Crippen LogP contribution in [-0.2, 0) is 14.6 Å². The van der Waals surface area contributed by atoms with Crippen LogP contribution in [0.15, 0.2) is 70.3 Å². The smallest absolute Gasteiger partial charge is 0.462 e. The van der Waals surface area contributed by atoms with E-state index in [0.29, 0.717) is 33.2 Å². The molecule has 0 unspecified atom stereocenters. The van der Waals surface area contributed by atoms with Crippen molar-refractivity contribution in [1.82, 2.24) is 0 Å². The molecule has 5 nitrogen and oxygen atoms in total. The van der Waals surface area contributed by atoms with Crippen molar-refractivity contribution in [2.24, 2.45) is 0 Å². The highest BCUT2D eigenvalue weighted by atomic mass is 32.2. The van der Waals surface area contributed by atoms with Gasteiger partial charge in [-0.1, -0.05) is 24.3 Å². The van der Waals surface area contributed by atoms with Crippen LogP contribution in [0.5, 0.6) is 5.75 Å². The number of carbonyl (C=O) groups excluding carboxylic acids is 1. The maximum absolute atomic E-state index is 12.5. The van der Waals surface area contributed by atoms with E-state index < -0.39 is 22.2 Å². The van der Waals surface area contributed by atoms with Gasteiger partial charge in [0.2, 0.25) is 0 Å². The SMILES string of the molecule is CCOC(=O)c1cc(-c2csc(S(C)(=O)=O)c2)c2ccc(-c3ccc(OC(F)(F)F)cc3)cc2c1. The van der Waals surface area contributed by atoms with Crippen molar-refractivity contribution >= 4 is 37.9 Å². The van der Waals surface area contributed by atoms with Gasteiger partial charge in [-0.3, -0.25) is 0 Å². The fraction of sp³-hybridized carbons (Fsp3) is 0.160. The Hall–Kier alpha value is -3.37. The third-order valence-corrected chi connectivity index (χ3v) is 7.90. The van der Waals surface area contributed by atoms with E-state index in [9.17, 15) is 26.4 Å². The molecule has 0 saturated heterocycles. The van der Waals surface area contributed by atoms with Gasteiger partial charge in [0, 0.05) is 6.26 Å². The first-order chi connectivity index (χ1) is 16.4. The zero-order valence-electron chi connectivity index (χ0n) is 18.5. The topological polar surface area (TPSA) is 69.7 Å². The third kappa shape index (κ3) is 5.66. The average molecular weight is 521 g/mol. The zero-order valence-corrected chi connectivity index (χ0v) is 20.2. The lowest BCUT2D eigenvalue weighted by atomic mass is 9.94. The molecule has 4 rings (SSSR count). The normalized spacial score (nSPS) is 12.0. The number of halogens is 3.